The lowest BCUT2D eigenvalue weighted by atomic mass is 10.0. The van der Waals surface area contributed by atoms with E-state index in [9.17, 15) is 9.59 Å². The van der Waals surface area contributed by atoms with Gasteiger partial charge < -0.3 is 20.1 Å². The van der Waals surface area contributed by atoms with E-state index in [-0.39, 0.29) is 30.5 Å². The number of ether oxygens (including phenoxy) is 1. The molecule has 0 saturated carbocycles. The SMILES string of the molecule is CC1CC(NC(=O)N2CCC(CC(=O)O)C2)CCO1. The molecule has 2 amide bonds. The maximum atomic E-state index is 12.1. The molecule has 0 aromatic carbocycles. The van der Waals surface area contributed by atoms with Crippen LogP contribution in [0.3, 0.4) is 0 Å². The second-order valence-corrected chi connectivity index (χ2v) is 5.55. The smallest absolute Gasteiger partial charge is 0.317 e. The van der Waals surface area contributed by atoms with E-state index in [1.165, 1.54) is 0 Å². The molecule has 2 aliphatic heterocycles. The normalized spacial score (nSPS) is 31.2. The molecule has 2 saturated heterocycles. The Balaban J connectivity index is 1.76. The first kappa shape index (κ1) is 14.1. The van der Waals surface area contributed by atoms with Gasteiger partial charge >= 0.3 is 12.0 Å². The highest BCUT2D eigenvalue weighted by atomic mass is 16.5. The van der Waals surface area contributed by atoms with Gasteiger partial charge in [0.2, 0.25) is 0 Å². The van der Waals surface area contributed by atoms with Gasteiger partial charge in [-0.05, 0) is 32.1 Å². The van der Waals surface area contributed by atoms with E-state index >= 15 is 0 Å². The van der Waals surface area contributed by atoms with Crippen LogP contribution in [0, 0.1) is 5.92 Å². The van der Waals surface area contributed by atoms with Crippen LogP contribution in [0.5, 0.6) is 0 Å². The molecule has 0 bridgehead atoms. The van der Waals surface area contributed by atoms with E-state index in [0.29, 0.717) is 19.7 Å². The Hall–Kier alpha value is -1.30. The molecule has 108 valence electrons. The molecule has 3 atom stereocenters. The van der Waals surface area contributed by atoms with Gasteiger partial charge in [0, 0.05) is 32.2 Å². The summed E-state index contributed by atoms with van der Waals surface area (Å²) in [4.78, 5) is 24.5. The maximum absolute atomic E-state index is 12.1. The van der Waals surface area contributed by atoms with Crippen molar-refractivity contribution in [1.29, 1.82) is 0 Å². The number of carboxylic acid groups (broad SMARTS) is 1. The third-order valence-electron chi connectivity index (χ3n) is 3.85. The number of carboxylic acids is 1. The van der Waals surface area contributed by atoms with E-state index in [1.807, 2.05) is 6.92 Å². The van der Waals surface area contributed by atoms with Gasteiger partial charge in [-0.2, -0.15) is 0 Å². The van der Waals surface area contributed by atoms with Gasteiger partial charge in [0.25, 0.3) is 0 Å². The fourth-order valence-corrected chi connectivity index (χ4v) is 2.83. The molecule has 0 aromatic rings. The second-order valence-electron chi connectivity index (χ2n) is 5.55. The highest BCUT2D eigenvalue weighted by Crippen LogP contribution is 2.20. The average molecular weight is 270 g/mol. The predicted molar refractivity (Wildman–Crippen MR) is 68.9 cm³/mol. The molecule has 0 aromatic heterocycles. The van der Waals surface area contributed by atoms with Gasteiger partial charge in [0.15, 0.2) is 0 Å². The summed E-state index contributed by atoms with van der Waals surface area (Å²) in [5, 5.41) is 11.8. The van der Waals surface area contributed by atoms with Crippen LogP contribution in [-0.4, -0.2) is 53.8 Å². The van der Waals surface area contributed by atoms with Crippen molar-refractivity contribution in [1.82, 2.24) is 10.2 Å². The van der Waals surface area contributed by atoms with Crippen molar-refractivity contribution in [2.45, 2.75) is 44.8 Å². The number of nitrogens with one attached hydrogen (secondary N) is 1. The summed E-state index contributed by atoms with van der Waals surface area (Å²) in [6, 6.07) is 0.113. The van der Waals surface area contributed by atoms with Crippen molar-refractivity contribution in [3.8, 4) is 0 Å². The minimum absolute atomic E-state index is 0.0630. The first-order valence-corrected chi connectivity index (χ1v) is 6.93. The van der Waals surface area contributed by atoms with Crippen molar-refractivity contribution in [2.24, 2.45) is 5.92 Å². The Kier molecular flexibility index (Phi) is 4.63. The number of likely N-dealkylation sites (tertiary alicyclic amines) is 1. The summed E-state index contributed by atoms with van der Waals surface area (Å²) in [5.41, 5.74) is 0. The maximum Gasteiger partial charge on any atom is 0.317 e. The fourth-order valence-electron chi connectivity index (χ4n) is 2.83. The van der Waals surface area contributed by atoms with Crippen LogP contribution in [0.15, 0.2) is 0 Å². The van der Waals surface area contributed by atoms with E-state index in [1.54, 1.807) is 4.90 Å². The van der Waals surface area contributed by atoms with Crippen LogP contribution in [0.2, 0.25) is 0 Å². The Morgan fingerprint density at radius 1 is 1.42 bits per heavy atom. The predicted octanol–water partition coefficient (Wildman–Crippen LogP) is 1.06. The topological polar surface area (TPSA) is 78.9 Å². The van der Waals surface area contributed by atoms with Crippen molar-refractivity contribution in [2.75, 3.05) is 19.7 Å². The third-order valence-corrected chi connectivity index (χ3v) is 3.85. The zero-order chi connectivity index (χ0) is 13.8. The molecule has 6 heteroatoms. The van der Waals surface area contributed by atoms with E-state index in [0.717, 1.165) is 19.3 Å². The van der Waals surface area contributed by atoms with Crippen LogP contribution < -0.4 is 5.32 Å². The summed E-state index contributed by atoms with van der Waals surface area (Å²) in [6.07, 6.45) is 2.82. The minimum Gasteiger partial charge on any atom is -0.481 e. The third kappa shape index (κ3) is 4.09. The number of nitrogens with zero attached hydrogens (tertiary/aromatic N) is 1. The Bertz CT molecular complexity index is 348. The lowest BCUT2D eigenvalue weighted by molar-refractivity contribution is -0.138. The van der Waals surface area contributed by atoms with Gasteiger partial charge in [-0.15, -0.1) is 0 Å². The second kappa shape index (κ2) is 6.23. The zero-order valence-corrected chi connectivity index (χ0v) is 11.3. The standard InChI is InChI=1S/C13H22N2O4/c1-9-6-11(3-5-19-9)14-13(18)15-4-2-10(8-15)7-12(16)17/h9-11H,2-8H2,1H3,(H,14,18)(H,16,17). The number of hydrogen-bond acceptors (Lipinski definition) is 3. The number of amides is 2. The molecule has 2 rings (SSSR count). The number of rotatable bonds is 3. The molecular formula is C13H22N2O4. The first-order valence-electron chi connectivity index (χ1n) is 6.93. The van der Waals surface area contributed by atoms with Crippen LogP contribution in [0.25, 0.3) is 0 Å². The zero-order valence-electron chi connectivity index (χ0n) is 11.3. The Labute approximate surface area is 113 Å². The van der Waals surface area contributed by atoms with Crippen molar-refractivity contribution in [3.63, 3.8) is 0 Å². The Morgan fingerprint density at radius 3 is 2.89 bits per heavy atom. The monoisotopic (exact) mass is 270 g/mol. The quantitative estimate of drug-likeness (QED) is 0.803. The van der Waals surface area contributed by atoms with E-state index in [4.69, 9.17) is 9.84 Å². The molecular weight excluding hydrogens is 248 g/mol. The summed E-state index contributed by atoms with van der Waals surface area (Å²) in [6.45, 7) is 3.91. The molecule has 2 heterocycles. The molecule has 2 N–H and O–H groups in total. The molecule has 2 aliphatic rings. The summed E-state index contributed by atoms with van der Waals surface area (Å²) >= 11 is 0. The highest BCUT2D eigenvalue weighted by molar-refractivity contribution is 5.75. The lowest BCUT2D eigenvalue weighted by Crippen LogP contribution is -2.47. The first-order chi connectivity index (χ1) is 9.04. The van der Waals surface area contributed by atoms with Gasteiger partial charge in [-0.1, -0.05) is 0 Å². The average Bonchev–Trinajstić information content (AvgIpc) is 2.76. The summed E-state index contributed by atoms with van der Waals surface area (Å²) in [7, 11) is 0. The molecule has 2 fully saturated rings. The fraction of sp³-hybridized carbons (Fsp3) is 0.846. The van der Waals surface area contributed by atoms with Crippen LogP contribution in [0.1, 0.15) is 32.6 Å². The van der Waals surface area contributed by atoms with Crippen molar-refractivity contribution < 1.29 is 19.4 Å². The van der Waals surface area contributed by atoms with E-state index in [2.05, 4.69) is 5.32 Å². The number of carbonyl (C=O) groups is 2. The number of carbonyl (C=O) groups excluding carboxylic acids is 1. The van der Waals surface area contributed by atoms with E-state index < -0.39 is 5.97 Å². The molecule has 0 aliphatic carbocycles. The van der Waals surface area contributed by atoms with Crippen molar-refractivity contribution in [3.05, 3.63) is 0 Å². The number of urea groups is 1. The van der Waals surface area contributed by atoms with Gasteiger partial charge in [-0.3, -0.25) is 4.79 Å². The summed E-state index contributed by atoms with van der Waals surface area (Å²) in [5.74, 6) is -0.692. The van der Waals surface area contributed by atoms with Gasteiger partial charge in [-0.25, -0.2) is 4.79 Å². The van der Waals surface area contributed by atoms with Gasteiger partial charge in [0.05, 0.1) is 6.10 Å². The van der Waals surface area contributed by atoms with Crippen LogP contribution in [-0.2, 0) is 9.53 Å². The highest BCUT2D eigenvalue weighted by Gasteiger charge is 2.29. The van der Waals surface area contributed by atoms with Crippen LogP contribution >= 0.6 is 0 Å². The molecule has 0 spiro atoms. The molecule has 6 nitrogen and oxygen atoms in total. The molecule has 3 unspecified atom stereocenters. The minimum atomic E-state index is -0.787. The van der Waals surface area contributed by atoms with Crippen molar-refractivity contribution >= 4 is 12.0 Å². The Morgan fingerprint density at radius 2 is 2.21 bits per heavy atom. The summed E-state index contributed by atoms with van der Waals surface area (Å²) < 4.78 is 5.45. The lowest BCUT2D eigenvalue weighted by Gasteiger charge is -2.29. The number of aliphatic carboxylic acids is 1. The molecule has 0 radical (unpaired) electrons. The van der Waals surface area contributed by atoms with Crippen LogP contribution in [0.4, 0.5) is 4.79 Å². The number of hydrogen-bond donors (Lipinski definition) is 2. The van der Waals surface area contributed by atoms with Gasteiger partial charge in [0.1, 0.15) is 0 Å². The largest absolute Gasteiger partial charge is 0.481 e. The molecule has 19 heavy (non-hydrogen) atoms.